The molecular weight excluding hydrogens is 490 g/mol. The first-order valence-electron chi connectivity index (χ1n) is 10.6. The normalized spacial score (nSPS) is 14.8. The van der Waals surface area contributed by atoms with Gasteiger partial charge in [0.15, 0.2) is 5.13 Å². The number of nitrogens with zero attached hydrogens (tertiary/aromatic N) is 5. The summed E-state index contributed by atoms with van der Waals surface area (Å²) in [5.41, 5.74) is 2.69. The first kappa shape index (κ1) is 21.4. The second-order valence-electron chi connectivity index (χ2n) is 7.62. The van der Waals surface area contributed by atoms with E-state index in [1.165, 1.54) is 11.3 Å². The van der Waals surface area contributed by atoms with E-state index in [4.69, 9.17) is 9.72 Å². The van der Waals surface area contributed by atoms with E-state index in [0.29, 0.717) is 22.9 Å². The third-order valence-corrected chi connectivity index (χ3v) is 6.98. The number of fused-ring (bicyclic) bond motifs is 2. The van der Waals surface area contributed by atoms with Crippen molar-refractivity contribution in [2.75, 3.05) is 44.3 Å². The molecule has 0 aliphatic carbocycles. The lowest BCUT2D eigenvalue weighted by molar-refractivity contribution is 0.0376. The summed E-state index contributed by atoms with van der Waals surface area (Å²) in [6.07, 6.45) is 2.40. The smallest absolute Gasteiger partial charge is 0.280 e. The topological polar surface area (TPSA) is 71.5 Å². The number of benzene rings is 2. The number of aromatic nitrogens is 3. The molecule has 164 valence electrons. The fourth-order valence-electron chi connectivity index (χ4n) is 3.76. The average Bonchev–Trinajstić information content (AvgIpc) is 3.24. The number of hydrogen-bond donors (Lipinski definition) is 0. The standard InChI is InChI=1S/C23H22BrN5O2S/c24-16-6-7-19-21(14-16)32-23(27-19)29(9-3-8-28-10-12-31-13-11-28)22(30)20-15-25-17-4-1-2-5-18(17)26-20/h1-2,4-7,14-15H,3,8-13H2. The number of hydrogen-bond acceptors (Lipinski definition) is 7. The summed E-state index contributed by atoms with van der Waals surface area (Å²) in [6.45, 7) is 4.86. The summed E-state index contributed by atoms with van der Waals surface area (Å²) in [4.78, 5) is 31.4. The number of amides is 1. The number of morpholine rings is 1. The largest absolute Gasteiger partial charge is 0.379 e. The molecule has 1 aliphatic rings. The molecule has 1 fully saturated rings. The highest BCUT2D eigenvalue weighted by molar-refractivity contribution is 9.10. The number of anilines is 1. The van der Waals surface area contributed by atoms with Crippen LogP contribution in [0.15, 0.2) is 53.1 Å². The number of rotatable bonds is 6. The molecule has 0 radical (unpaired) electrons. The monoisotopic (exact) mass is 511 g/mol. The van der Waals surface area contributed by atoms with Crippen molar-refractivity contribution in [1.29, 1.82) is 0 Å². The minimum absolute atomic E-state index is 0.177. The molecule has 0 N–H and O–H groups in total. The van der Waals surface area contributed by atoms with E-state index in [0.717, 1.165) is 59.5 Å². The van der Waals surface area contributed by atoms with Crippen LogP contribution in [0.2, 0.25) is 0 Å². The zero-order valence-electron chi connectivity index (χ0n) is 17.4. The highest BCUT2D eigenvalue weighted by atomic mass is 79.9. The van der Waals surface area contributed by atoms with Crippen LogP contribution in [0.3, 0.4) is 0 Å². The van der Waals surface area contributed by atoms with E-state index in [9.17, 15) is 4.79 Å². The molecule has 0 saturated carbocycles. The van der Waals surface area contributed by atoms with Gasteiger partial charge in [-0.1, -0.05) is 39.4 Å². The number of thiazole rings is 1. The Morgan fingerprint density at radius 2 is 1.91 bits per heavy atom. The van der Waals surface area contributed by atoms with Gasteiger partial charge in [-0.3, -0.25) is 19.6 Å². The maximum Gasteiger partial charge on any atom is 0.280 e. The number of halogens is 1. The number of ether oxygens (including phenoxy) is 1. The SMILES string of the molecule is O=C(c1cnc2ccccc2n1)N(CCCN1CCOCC1)c1nc2ccc(Br)cc2s1. The van der Waals surface area contributed by atoms with Crippen LogP contribution >= 0.6 is 27.3 Å². The van der Waals surface area contributed by atoms with Crippen molar-refractivity contribution < 1.29 is 9.53 Å². The minimum atomic E-state index is -0.177. The van der Waals surface area contributed by atoms with Gasteiger partial charge in [-0.05, 0) is 36.8 Å². The summed E-state index contributed by atoms with van der Waals surface area (Å²) < 4.78 is 7.46. The predicted molar refractivity (Wildman–Crippen MR) is 130 cm³/mol. The van der Waals surface area contributed by atoms with E-state index >= 15 is 0 Å². The number of carbonyl (C=O) groups is 1. The molecule has 1 saturated heterocycles. The first-order chi connectivity index (χ1) is 15.7. The van der Waals surface area contributed by atoms with Gasteiger partial charge in [0, 0.05) is 30.7 Å². The van der Waals surface area contributed by atoms with Crippen molar-refractivity contribution in [3.63, 3.8) is 0 Å². The van der Waals surface area contributed by atoms with Crippen LogP contribution in [-0.4, -0.2) is 65.2 Å². The van der Waals surface area contributed by atoms with Crippen LogP contribution in [-0.2, 0) is 4.74 Å². The van der Waals surface area contributed by atoms with E-state index in [-0.39, 0.29) is 5.91 Å². The molecule has 1 aliphatic heterocycles. The summed E-state index contributed by atoms with van der Waals surface area (Å²) in [7, 11) is 0. The first-order valence-corrected chi connectivity index (χ1v) is 12.2. The van der Waals surface area contributed by atoms with Crippen molar-refractivity contribution in [3.8, 4) is 0 Å². The van der Waals surface area contributed by atoms with Gasteiger partial charge in [0.25, 0.3) is 5.91 Å². The lowest BCUT2D eigenvalue weighted by Crippen LogP contribution is -2.39. The molecule has 9 heteroatoms. The number of carbonyl (C=O) groups excluding carboxylic acids is 1. The molecule has 7 nitrogen and oxygen atoms in total. The Morgan fingerprint density at radius 1 is 1.09 bits per heavy atom. The molecule has 0 bridgehead atoms. The van der Waals surface area contributed by atoms with E-state index < -0.39 is 0 Å². The van der Waals surface area contributed by atoms with Crippen molar-refractivity contribution in [3.05, 3.63) is 58.8 Å². The van der Waals surface area contributed by atoms with Crippen molar-refractivity contribution in [2.45, 2.75) is 6.42 Å². The van der Waals surface area contributed by atoms with Gasteiger partial charge < -0.3 is 4.74 Å². The van der Waals surface area contributed by atoms with Gasteiger partial charge in [-0.15, -0.1) is 0 Å². The second-order valence-corrected chi connectivity index (χ2v) is 9.54. The van der Waals surface area contributed by atoms with Crippen LogP contribution in [0, 0.1) is 0 Å². The van der Waals surface area contributed by atoms with Crippen LogP contribution in [0.1, 0.15) is 16.9 Å². The van der Waals surface area contributed by atoms with Gasteiger partial charge in [0.2, 0.25) is 0 Å². The van der Waals surface area contributed by atoms with Crippen molar-refractivity contribution in [1.82, 2.24) is 19.9 Å². The Hall–Kier alpha value is -2.46. The van der Waals surface area contributed by atoms with Crippen LogP contribution < -0.4 is 4.90 Å². The minimum Gasteiger partial charge on any atom is -0.379 e. The number of para-hydroxylation sites is 2. The lowest BCUT2D eigenvalue weighted by Gasteiger charge is -2.27. The summed E-state index contributed by atoms with van der Waals surface area (Å²) in [5.74, 6) is -0.177. The molecule has 32 heavy (non-hydrogen) atoms. The quantitative estimate of drug-likeness (QED) is 0.382. The molecular formula is C23H22BrN5O2S. The van der Waals surface area contributed by atoms with Crippen LogP contribution in [0.25, 0.3) is 21.3 Å². The molecule has 1 amide bonds. The zero-order chi connectivity index (χ0) is 21.9. The second kappa shape index (κ2) is 9.58. The molecule has 2 aromatic heterocycles. The summed E-state index contributed by atoms with van der Waals surface area (Å²) in [6, 6.07) is 13.5. The lowest BCUT2D eigenvalue weighted by atomic mass is 10.2. The van der Waals surface area contributed by atoms with Gasteiger partial charge in [-0.2, -0.15) is 0 Å². The fraction of sp³-hybridized carbons (Fsp3) is 0.304. The van der Waals surface area contributed by atoms with Crippen LogP contribution in [0.4, 0.5) is 5.13 Å². The highest BCUT2D eigenvalue weighted by Crippen LogP contribution is 2.31. The third-order valence-electron chi connectivity index (χ3n) is 5.44. The Morgan fingerprint density at radius 3 is 2.75 bits per heavy atom. The molecule has 0 spiro atoms. The zero-order valence-corrected chi connectivity index (χ0v) is 19.8. The molecule has 3 heterocycles. The predicted octanol–water partition coefficient (Wildman–Crippen LogP) is 4.37. The molecule has 2 aromatic carbocycles. The molecule has 0 atom stereocenters. The fourth-order valence-corrected chi connectivity index (χ4v) is 5.30. The highest BCUT2D eigenvalue weighted by Gasteiger charge is 2.23. The molecule has 5 rings (SSSR count). The van der Waals surface area contributed by atoms with Crippen molar-refractivity contribution in [2.24, 2.45) is 0 Å². The van der Waals surface area contributed by atoms with E-state index in [1.807, 2.05) is 42.5 Å². The van der Waals surface area contributed by atoms with Gasteiger partial charge in [-0.25, -0.2) is 9.97 Å². The maximum atomic E-state index is 13.6. The summed E-state index contributed by atoms with van der Waals surface area (Å²) >= 11 is 5.03. The van der Waals surface area contributed by atoms with Gasteiger partial charge >= 0.3 is 0 Å². The van der Waals surface area contributed by atoms with Gasteiger partial charge in [0.1, 0.15) is 5.69 Å². The van der Waals surface area contributed by atoms with Crippen molar-refractivity contribution >= 4 is 59.6 Å². The molecule has 4 aromatic rings. The Kier molecular flexibility index (Phi) is 6.40. The van der Waals surface area contributed by atoms with E-state index in [1.54, 1.807) is 11.1 Å². The van der Waals surface area contributed by atoms with Gasteiger partial charge in [0.05, 0.1) is 40.7 Å². The Bertz CT molecular complexity index is 1260. The average molecular weight is 512 g/mol. The maximum absolute atomic E-state index is 13.6. The Labute approximate surface area is 198 Å². The van der Waals surface area contributed by atoms with Crippen LogP contribution in [0.5, 0.6) is 0 Å². The third kappa shape index (κ3) is 4.66. The summed E-state index contributed by atoms with van der Waals surface area (Å²) in [5, 5.41) is 0.681. The Balaban J connectivity index is 1.43. The van der Waals surface area contributed by atoms with E-state index in [2.05, 4.69) is 30.8 Å². The molecule has 0 unspecified atom stereocenters.